The van der Waals surface area contributed by atoms with Crippen LogP contribution in [0.25, 0.3) is 11.1 Å². The van der Waals surface area contributed by atoms with Gasteiger partial charge in [0.1, 0.15) is 6.61 Å². The predicted molar refractivity (Wildman–Crippen MR) is 133 cm³/mol. The normalized spacial score (nSPS) is 25.5. The van der Waals surface area contributed by atoms with E-state index in [-0.39, 0.29) is 24.1 Å². The van der Waals surface area contributed by atoms with Gasteiger partial charge in [-0.15, -0.1) is 0 Å². The van der Waals surface area contributed by atoms with Crippen molar-refractivity contribution in [3.8, 4) is 11.1 Å². The van der Waals surface area contributed by atoms with Crippen LogP contribution in [0, 0.1) is 6.92 Å². The standard InChI is InChI=1S/C30H31NO3/c1-20-9-2-7-16-28(20)30(33)17-21-10-8-11-22(18-30)31(21)29(32)34-19-27-25-14-5-3-12-23(25)24-13-4-6-15-26(24)27/h2-7,9,12-16,21-22,27,33H,8,10-11,17-19H2,1H3. The van der Waals surface area contributed by atoms with E-state index in [1.807, 2.05) is 23.1 Å². The summed E-state index contributed by atoms with van der Waals surface area (Å²) in [6.07, 6.45) is 3.82. The highest BCUT2D eigenvalue weighted by Gasteiger charge is 2.49. The maximum Gasteiger partial charge on any atom is 0.410 e. The van der Waals surface area contributed by atoms with Gasteiger partial charge in [0.2, 0.25) is 0 Å². The Hall–Kier alpha value is -3.11. The van der Waals surface area contributed by atoms with Crippen LogP contribution >= 0.6 is 0 Å². The molecule has 4 heteroatoms. The lowest BCUT2D eigenvalue weighted by Gasteiger charge is -2.51. The Balaban J connectivity index is 1.21. The molecule has 0 saturated carbocycles. The zero-order valence-electron chi connectivity index (χ0n) is 19.6. The van der Waals surface area contributed by atoms with Gasteiger partial charge in [-0.25, -0.2) is 4.79 Å². The molecule has 2 atom stereocenters. The van der Waals surface area contributed by atoms with Crippen LogP contribution in [0.2, 0.25) is 0 Å². The SMILES string of the molecule is Cc1ccccc1C1(O)CC2CCCC(C1)N2C(=O)OCC1c2ccccc2-c2ccccc21. The molecule has 6 rings (SSSR count). The Labute approximate surface area is 201 Å². The molecular formula is C30H31NO3. The number of hydrogen-bond donors (Lipinski definition) is 1. The van der Waals surface area contributed by atoms with E-state index in [4.69, 9.17) is 4.74 Å². The number of piperidine rings is 2. The van der Waals surface area contributed by atoms with E-state index in [0.29, 0.717) is 19.4 Å². The number of benzene rings is 3. The van der Waals surface area contributed by atoms with Crippen LogP contribution in [-0.2, 0) is 10.3 Å². The van der Waals surface area contributed by atoms with E-state index in [0.717, 1.165) is 30.4 Å². The van der Waals surface area contributed by atoms with Gasteiger partial charge >= 0.3 is 6.09 Å². The molecule has 3 aromatic carbocycles. The van der Waals surface area contributed by atoms with E-state index in [9.17, 15) is 9.90 Å². The molecule has 2 fully saturated rings. The topological polar surface area (TPSA) is 49.8 Å². The minimum atomic E-state index is -0.888. The quantitative estimate of drug-likeness (QED) is 0.518. The number of ether oxygens (including phenoxy) is 1. The molecule has 0 aromatic heterocycles. The molecule has 2 bridgehead atoms. The highest BCUT2D eigenvalue weighted by Crippen LogP contribution is 2.47. The predicted octanol–water partition coefficient (Wildman–Crippen LogP) is 6.15. The molecule has 4 nitrogen and oxygen atoms in total. The van der Waals surface area contributed by atoms with Crippen LogP contribution in [0.1, 0.15) is 60.3 Å². The molecular weight excluding hydrogens is 422 g/mol. The van der Waals surface area contributed by atoms with Crippen LogP contribution in [0.4, 0.5) is 4.79 Å². The molecule has 2 heterocycles. The van der Waals surface area contributed by atoms with Gasteiger partial charge in [0.25, 0.3) is 0 Å². The summed E-state index contributed by atoms with van der Waals surface area (Å²) in [5.74, 6) is 0.0601. The zero-order chi connectivity index (χ0) is 23.3. The summed E-state index contributed by atoms with van der Waals surface area (Å²) in [5.41, 5.74) is 6.14. The Morgan fingerprint density at radius 3 is 2.09 bits per heavy atom. The molecule has 1 aliphatic carbocycles. The van der Waals surface area contributed by atoms with Gasteiger partial charge in [-0.1, -0.05) is 72.8 Å². The van der Waals surface area contributed by atoms with Gasteiger partial charge in [-0.2, -0.15) is 0 Å². The fourth-order valence-electron chi connectivity index (χ4n) is 6.71. The van der Waals surface area contributed by atoms with E-state index >= 15 is 0 Å². The summed E-state index contributed by atoms with van der Waals surface area (Å²) in [6.45, 7) is 2.39. The van der Waals surface area contributed by atoms with Crippen LogP contribution in [-0.4, -0.2) is 34.8 Å². The number of aryl methyl sites for hydroxylation is 1. The fourth-order valence-corrected chi connectivity index (χ4v) is 6.71. The van der Waals surface area contributed by atoms with Gasteiger partial charge < -0.3 is 14.7 Å². The summed E-state index contributed by atoms with van der Waals surface area (Å²) in [7, 11) is 0. The van der Waals surface area contributed by atoms with Gasteiger partial charge in [-0.05, 0) is 59.6 Å². The van der Waals surface area contributed by atoms with Crippen molar-refractivity contribution in [3.63, 3.8) is 0 Å². The first kappa shape index (κ1) is 21.4. The molecule has 3 aliphatic rings. The van der Waals surface area contributed by atoms with Crippen LogP contribution in [0.3, 0.4) is 0 Å². The lowest BCUT2D eigenvalue weighted by Crippen LogP contribution is -2.59. The van der Waals surface area contributed by atoms with Crippen LogP contribution < -0.4 is 0 Å². The van der Waals surface area contributed by atoms with Crippen molar-refractivity contribution in [1.82, 2.24) is 4.90 Å². The monoisotopic (exact) mass is 453 g/mol. The Bertz CT molecular complexity index is 1180. The first-order valence-electron chi connectivity index (χ1n) is 12.5. The maximum absolute atomic E-state index is 13.4. The van der Waals surface area contributed by atoms with Gasteiger partial charge in [0, 0.05) is 30.8 Å². The number of amides is 1. The third-order valence-electron chi connectivity index (χ3n) is 8.20. The van der Waals surface area contributed by atoms with Gasteiger partial charge in [0.15, 0.2) is 0 Å². The third kappa shape index (κ3) is 3.43. The average Bonchev–Trinajstić information content (AvgIpc) is 3.16. The number of carbonyl (C=O) groups excluding carboxylic acids is 1. The number of nitrogens with zero attached hydrogens (tertiary/aromatic N) is 1. The van der Waals surface area contributed by atoms with E-state index in [2.05, 4.69) is 61.5 Å². The number of rotatable bonds is 3. The lowest BCUT2D eigenvalue weighted by atomic mass is 9.72. The zero-order valence-corrected chi connectivity index (χ0v) is 19.6. The summed E-state index contributed by atoms with van der Waals surface area (Å²) < 4.78 is 6.02. The van der Waals surface area contributed by atoms with Gasteiger partial charge in [0.05, 0.1) is 5.60 Å². The largest absolute Gasteiger partial charge is 0.448 e. The number of hydrogen-bond acceptors (Lipinski definition) is 3. The molecule has 2 saturated heterocycles. The smallest absolute Gasteiger partial charge is 0.410 e. The maximum atomic E-state index is 13.4. The summed E-state index contributed by atoms with van der Waals surface area (Å²) in [6, 6.07) is 24.9. The second-order valence-corrected chi connectivity index (χ2v) is 10.2. The summed E-state index contributed by atoms with van der Waals surface area (Å²) in [5, 5.41) is 11.7. The highest BCUT2D eigenvalue weighted by atomic mass is 16.6. The van der Waals surface area contributed by atoms with Crippen molar-refractivity contribution in [2.75, 3.05) is 6.61 Å². The van der Waals surface area contributed by atoms with Crippen molar-refractivity contribution in [2.24, 2.45) is 0 Å². The van der Waals surface area contributed by atoms with Gasteiger partial charge in [-0.3, -0.25) is 0 Å². The second kappa shape index (κ2) is 8.28. The molecule has 34 heavy (non-hydrogen) atoms. The third-order valence-corrected chi connectivity index (χ3v) is 8.20. The molecule has 0 radical (unpaired) electrons. The first-order chi connectivity index (χ1) is 16.5. The molecule has 2 unspecified atom stereocenters. The molecule has 3 aromatic rings. The molecule has 1 N–H and O–H groups in total. The minimum Gasteiger partial charge on any atom is -0.448 e. The van der Waals surface area contributed by atoms with Crippen LogP contribution in [0.15, 0.2) is 72.8 Å². The Morgan fingerprint density at radius 2 is 1.47 bits per heavy atom. The average molecular weight is 454 g/mol. The Kier molecular flexibility index (Phi) is 5.22. The molecule has 0 spiro atoms. The highest BCUT2D eigenvalue weighted by molar-refractivity contribution is 5.79. The van der Waals surface area contributed by atoms with Crippen molar-refractivity contribution in [1.29, 1.82) is 0 Å². The fraction of sp³-hybridized carbons (Fsp3) is 0.367. The number of fused-ring (bicyclic) bond motifs is 5. The first-order valence-corrected chi connectivity index (χ1v) is 12.5. The molecule has 174 valence electrons. The number of carbonyl (C=O) groups is 1. The summed E-state index contributed by atoms with van der Waals surface area (Å²) in [4.78, 5) is 15.4. The molecule has 2 aliphatic heterocycles. The van der Waals surface area contributed by atoms with E-state index in [1.165, 1.54) is 22.3 Å². The van der Waals surface area contributed by atoms with Crippen molar-refractivity contribution in [3.05, 3.63) is 95.1 Å². The second-order valence-electron chi connectivity index (χ2n) is 10.2. The Morgan fingerprint density at radius 1 is 0.912 bits per heavy atom. The minimum absolute atomic E-state index is 0.00718. The van der Waals surface area contributed by atoms with E-state index in [1.54, 1.807) is 0 Å². The van der Waals surface area contributed by atoms with Crippen molar-refractivity contribution in [2.45, 2.75) is 62.6 Å². The lowest BCUT2D eigenvalue weighted by molar-refractivity contribution is -0.0893. The van der Waals surface area contributed by atoms with Crippen LogP contribution in [0.5, 0.6) is 0 Å². The molecule has 1 amide bonds. The van der Waals surface area contributed by atoms with Crippen molar-refractivity contribution < 1.29 is 14.6 Å². The summed E-state index contributed by atoms with van der Waals surface area (Å²) >= 11 is 0. The van der Waals surface area contributed by atoms with E-state index < -0.39 is 5.60 Å². The number of aliphatic hydroxyl groups is 1. The van der Waals surface area contributed by atoms with Crippen molar-refractivity contribution >= 4 is 6.09 Å².